The fourth-order valence-electron chi connectivity index (χ4n) is 10.9. The highest BCUT2D eigenvalue weighted by Crippen LogP contribution is 2.34. The Morgan fingerprint density at radius 2 is 1.36 bits per heavy atom. The quantitative estimate of drug-likeness (QED) is 0.0985. The van der Waals surface area contributed by atoms with Gasteiger partial charge in [0, 0.05) is 65.1 Å². The van der Waals surface area contributed by atoms with Crippen LogP contribution in [-0.4, -0.2) is 164 Å². The number of likely N-dealkylation sites (N-methyl/N-ethyl adjacent to an activating group) is 3. The number of carbonyl (C=O) groups is 9. The molecule has 2 aliphatic rings. The van der Waals surface area contributed by atoms with E-state index in [1.807, 2.05) is 6.07 Å². The van der Waals surface area contributed by atoms with Crippen LogP contribution in [0.15, 0.2) is 133 Å². The molecule has 5 aromatic rings. The predicted molar refractivity (Wildman–Crippen MR) is 330 cm³/mol. The Morgan fingerprint density at radius 3 is 2.03 bits per heavy atom. The van der Waals surface area contributed by atoms with Crippen LogP contribution in [-0.2, 0) is 78.3 Å². The molecule has 0 aromatic heterocycles. The number of phenolic OH excluding ortho intramolecular Hbond substituents is 1. The largest absolute Gasteiger partial charge is 0.508 e. The van der Waals surface area contributed by atoms with Crippen LogP contribution >= 0.6 is 0 Å². The lowest BCUT2D eigenvalue weighted by atomic mass is 9.87. The van der Waals surface area contributed by atoms with Crippen LogP contribution in [0, 0.1) is 17.2 Å². The first-order valence-corrected chi connectivity index (χ1v) is 30.0. The van der Waals surface area contributed by atoms with Crippen LogP contribution < -0.4 is 19.5 Å². The molecule has 1 fully saturated rings. The van der Waals surface area contributed by atoms with E-state index in [4.69, 9.17) is 23.7 Å². The smallest absolute Gasteiger partial charge is 0.330 e. The van der Waals surface area contributed by atoms with Crippen LogP contribution in [0.3, 0.4) is 0 Å². The van der Waals surface area contributed by atoms with Gasteiger partial charge in [0.2, 0.25) is 23.5 Å². The van der Waals surface area contributed by atoms with Gasteiger partial charge >= 0.3 is 11.9 Å². The van der Waals surface area contributed by atoms with Gasteiger partial charge in [-0.05, 0) is 129 Å². The zero-order chi connectivity index (χ0) is 65.1. The number of carbonyl (C=O) groups excluding carboxylic acids is 9. The summed E-state index contributed by atoms with van der Waals surface area (Å²) in [6, 6.07) is 29.3. The number of hydrogen-bond acceptors (Lipinski definition) is 15. The van der Waals surface area contributed by atoms with Gasteiger partial charge in [0.1, 0.15) is 42.1 Å². The molecule has 5 amide bonds. The van der Waals surface area contributed by atoms with Crippen LogP contribution in [0.25, 0.3) is 0 Å². The predicted octanol–water partition coefficient (Wildman–Crippen LogP) is 7.16. The topological polar surface area (TPSA) is 245 Å². The van der Waals surface area contributed by atoms with Crippen molar-refractivity contribution in [3.05, 3.63) is 167 Å². The summed E-state index contributed by atoms with van der Waals surface area (Å²) >= 11 is 0. The third-order valence-corrected chi connectivity index (χ3v) is 16.1. The zero-order valence-electron chi connectivity index (χ0n) is 52.0. The van der Waals surface area contributed by atoms with Gasteiger partial charge < -0.3 is 53.7 Å². The molecule has 7 rings (SSSR count). The SMILES string of the molecule is COc1ccc(CC[C@H]2OC(=O)[C@@H]3CCCCN3C(=O)C(=O)C(C)(C)COC(=O)C=CCCN(C)C(=O)[C@@H](Cc3ccccc3)NC(=O)CN(C)C(=O)[C@@H](Cc3ccccc3)CC(=O)[C@H](Cc3ccc(O)cc3)N(C)C(=O)COc3cc(F)cc2c3)cc1OC. The number of piperidine rings is 1. The number of aryl methyl sites for hydroxylation is 1. The van der Waals surface area contributed by atoms with Crippen LogP contribution in [0.5, 0.6) is 23.0 Å². The number of phenols is 1. The van der Waals surface area contributed by atoms with Gasteiger partial charge in [-0.15, -0.1) is 0 Å². The average Bonchev–Trinajstić information content (AvgIpc) is 1.09. The number of ketones is 2. The van der Waals surface area contributed by atoms with Crippen molar-refractivity contribution in [2.24, 2.45) is 11.3 Å². The first-order valence-electron chi connectivity index (χ1n) is 30.0. The van der Waals surface area contributed by atoms with E-state index in [0.717, 1.165) is 34.2 Å². The van der Waals surface area contributed by atoms with E-state index in [2.05, 4.69) is 5.32 Å². The molecular formula is C69H80FN5O15. The lowest BCUT2D eigenvalue weighted by molar-refractivity contribution is -0.165. The normalized spacial score (nSPS) is 21.1. The van der Waals surface area contributed by atoms with E-state index in [1.54, 1.807) is 84.9 Å². The standard InChI is InChI=1S/C69H80FN5O15/c1-69(2)44-89-63(80)23-15-16-32-72(3)66(83)54(35-46-20-12-9-13-21-46)71-61(78)42-73(4)65(82)50(34-45-18-10-8-11-19-45)40-57(77)56(36-47-24-28-52(76)29-25-47)74(5)62(79)43-88-53-39-49(38-51(70)41-53)58(30-26-48-27-31-59(86-6)60(37-48)87-7)90-68(85)55-22-14-17-33-75(55)67(84)64(69)81/h8-13,15,18-21,23-25,27-29,31,37-39,41,50,54-56,58,76H,14,16-17,22,26,30,32-36,40,42-44H2,1-7H3,(H,71,78)/t50-,54+,55-,56-,58+/m0/s1. The summed E-state index contributed by atoms with van der Waals surface area (Å²) in [6.45, 7) is 1.28. The summed E-state index contributed by atoms with van der Waals surface area (Å²) in [4.78, 5) is 133. The summed E-state index contributed by atoms with van der Waals surface area (Å²) in [5.74, 6) is -7.69. The summed E-state index contributed by atoms with van der Waals surface area (Å²) in [7, 11) is 7.34. The number of fused-ring (bicyclic) bond motifs is 3. The summed E-state index contributed by atoms with van der Waals surface area (Å²) in [6.07, 6.45) is 2.68. The van der Waals surface area contributed by atoms with Crippen molar-refractivity contribution in [2.45, 2.75) is 102 Å². The monoisotopic (exact) mass is 1240 g/mol. The molecule has 0 aliphatic carbocycles. The number of methoxy groups -OCH3 is 2. The number of rotatable bonds is 11. The van der Waals surface area contributed by atoms with Crippen molar-refractivity contribution in [2.75, 3.05) is 68.2 Å². The number of halogens is 1. The summed E-state index contributed by atoms with van der Waals surface area (Å²) in [5, 5.41) is 13.0. The third-order valence-electron chi connectivity index (χ3n) is 16.1. The lowest BCUT2D eigenvalue weighted by Crippen LogP contribution is -2.53. The van der Waals surface area contributed by atoms with Gasteiger partial charge in [0.05, 0.1) is 32.2 Å². The van der Waals surface area contributed by atoms with E-state index in [1.165, 1.54) is 88.2 Å². The number of esters is 2. The second kappa shape index (κ2) is 32.2. The number of Topliss-reactive ketones (excluding diaryl/α,β-unsaturated/α-hetero) is 2. The van der Waals surface area contributed by atoms with Crippen molar-refractivity contribution < 1.29 is 76.3 Å². The van der Waals surface area contributed by atoms with E-state index in [0.29, 0.717) is 35.5 Å². The van der Waals surface area contributed by atoms with E-state index in [-0.39, 0.29) is 75.1 Å². The highest BCUT2D eigenvalue weighted by Gasteiger charge is 2.43. The molecule has 90 heavy (non-hydrogen) atoms. The van der Waals surface area contributed by atoms with Crippen molar-refractivity contribution in [3.8, 4) is 23.0 Å². The number of hydrogen-bond donors (Lipinski definition) is 2. The molecule has 21 heteroatoms. The highest BCUT2D eigenvalue weighted by atomic mass is 19.1. The van der Waals surface area contributed by atoms with Gasteiger partial charge in [0.15, 0.2) is 23.9 Å². The van der Waals surface area contributed by atoms with Crippen molar-refractivity contribution >= 4 is 53.0 Å². The number of amides is 5. The second-order valence-electron chi connectivity index (χ2n) is 23.4. The van der Waals surface area contributed by atoms with Crippen molar-refractivity contribution in [1.29, 1.82) is 0 Å². The molecule has 5 atom stereocenters. The Hall–Kier alpha value is -9.40. The third kappa shape index (κ3) is 19.1. The fourth-order valence-corrected chi connectivity index (χ4v) is 10.9. The molecule has 0 saturated carbocycles. The molecule has 5 aromatic carbocycles. The number of ether oxygens (including phenoxy) is 5. The molecule has 0 spiro atoms. The number of nitrogens with zero attached hydrogens (tertiary/aromatic N) is 4. The van der Waals surface area contributed by atoms with Crippen LogP contribution in [0.1, 0.15) is 86.3 Å². The molecule has 0 unspecified atom stereocenters. The maximum atomic E-state index is 16.0. The Bertz CT molecular complexity index is 3380. The molecular weight excluding hydrogens is 1160 g/mol. The number of nitrogens with one attached hydrogen (secondary N) is 1. The second-order valence-corrected chi connectivity index (χ2v) is 23.4. The Morgan fingerprint density at radius 1 is 0.700 bits per heavy atom. The molecule has 2 heterocycles. The minimum atomic E-state index is -1.56. The van der Waals surface area contributed by atoms with E-state index >= 15 is 4.39 Å². The minimum absolute atomic E-state index is 0.0289. The van der Waals surface area contributed by atoms with Crippen molar-refractivity contribution in [3.63, 3.8) is 0 Å². The molecule has 2 bridgehead atoms. The molecule has 2 N–H and O–H groups in total. The first-order chi connectivity index (χ1) is 43.0. The van der Waals surface area contributed by atoms with Crippen LogP contribution in [0.2, 0.25) is 0 Å². The highest BCUT2D eigenvalue weighted by molar-refractivity contribution is 6.38. The van der Waals surface area contributed by atoms with Gasteiger partial charge in [-0.1, -0.05) is 84.9 Å². The minimum Gasteiger partial charge on any atom is -0.508 e. The van der Waals surface area contributed by atoms with Gasteiger partial charge in [-0.3, -0.25) is 33.6 Å². The molecule has 2 aliphatic heterocycles. The summed E-state index contributed by atoms with van der Waals surface area (Å²) < 4.78 is 44.7. The average molecular weight is 1240 g/mol. The van der Waals surface area contributed by atoms with Crippen molar-refractivity contribution in [1.82, 2.24) is 24.9 Å². The molecule has 20 nitrogen and oxygen atoms in total. The van der Waals surface area contributed by atoms with Gasteiger partial charge in [-0.25, -0.2) is 14.0 Å². The maximum absolute atomic E-state index is 16.0. The van der Waals surface area contributed by atoms with Gasteiger partial charge in [-0.2, -0.15) is 0 Å². The van der Waals surface area contributed by atoms with Crippen LogP contribution in [0.4, 0.5) is 4.39 Å². The number of aromatic hydroxyl groups is 1. The number of cyclic esters (lactones) is 2. The molecule has 478 valence electrons. The Kier molecular flexibility index (Phi) is 24.4. The Balaban J connectivity index is 1.23. The zero-order valence-corrected chi connectivity index (χ0v) is 52.0. The lowest BCUT2D eigenvalue weighted by Gasteiger charge is -2.36. The first kappa shape index (κ1) is 68.1. The Labute approximate surface area is 524 Å². The maximum Gasteiger partial charge on any atom is 0.330 e. The summed E-state index contributed by atoms with van der Waals surface area (Å²) in [5.41, 5.74) is 1.32. The van der Waals surface area contributed by atoms with E-state index < -0.39 is 121 Å². The number of benzene rings is 5. The van der Waals surface area contributed by atoms with Gasteiger partial charge in [0.25, 0.3) is 11.8 Å². The van der Waals surface area contributed by atoms with E-state index in [9.17, 15) is 48.3 Å². The molecule has 1 saturated heterocycles. The molecule has 0 radical (unpaired) electrons. The fraction of sp³-hybridized carbons (Fsp3) is 0.406.